The van der Waals surface area contributed by atoms with Gasteiger partial charge in [0.2, 0.25) is 11.9 Å². The summed E-state index contributed by atoms with van der Waals surface area (Å²) in [6.45, 7) is 18.5. The van der Waals surface area contributed by atoms with Crippen LogP contribution < -0.4 is 25.7 Å². The molecule has 2 aliphatic heterocycles. The molecule has 6 heterocycles. The minimum atomic E-state index is -4.36. The van der Waals surface area contributed by atoms with Crippen molar-refractivity contribution < 1.29 is 69.7 Å². The highest BCUT2D eigenvalue weighted by molar-refractivity contribution is 8.07. The first-order valence-corrected chi connectivity index (χ1v) is 41.9. The Morgan fingerprint density at radius 1 is 0.717 bits per heavy atom. The van der Waals surface area contributed by atoms with E-state index in [-0.39, 0.29) is 53.7 Å². The summed E-state index contributed by atoms with van der Waals surface area (Å²) in [6, 6.07) is 35.5. The van der Waals surface area contributed by atoms with Crippen LogP contribution in [0.5, 0.6) is 11.5 Å². The molecular weight excluding hydrogens is 1360 g/mol. The van der Waals surface area contributed by atoms with E-state index < -0.39 is 126 Å². The summed E-state index contributed by atoms with van der Waals surface area (Å²) < 4.78 is 91.1. The van der Waals surface area contributed by atoms with E-state index in [2.05, 4.69) is 75.5 Å². The van der Waals surface area contributed by atoms with Gasteiger partial charge in [-0.3, -0.25) is 47.4 Å². The van der Waals surface area contributed by atoms with Gasteiger partial charge in [0.15, 0.2) is 57.2 Å². The highest BCUT2D eigenvalue weighted by Crippen LogP contribution is 2.57. The van der Waals surface area contributed by atoms with Crippen LogP contribution in [0.15, 0.2) is 133 Å². The number of carbonyl (C=O) groups is 2. The molecule has 528 valence electrons. The first-order chi connectivity index (χ1) is 46.9. The van der Waals surface area contributed by atoms with Crippen molar-refractivity contribution in [3.8, 4) is 17.6 Å². The predicted molar refractivity (Wildman–Crippen MR) is 379 cm³/mol. The smallest absolute Gasteiger partial charge is 0.327 e. The van der Waals surface area contributed by atoms with E-state index in [1.54, 1.807) is 58.4 Å². The Morgan fingerprint density at radius 3 is 1.79 bits per heavy atom. The van der Waals surface area contributed by atoms with Crippen LogP contribution >= 0.6 is 15.0 Å². The summed E-state index contributed by atoms with van der Waals surface area (Å²) in [5.74, 6) is -0.241. The zero-order valence-electron chi connectivity index (χ0n) is 57.7. The summed E-state index contributed by atoms with van der Waals surface area (Å²) in [5, 5.41) is 14.7. The van der Waals surface area contributed by atoms with Gasteiger partial charge in [-0.25, -0.2) is 19.9 Å². The predicted octanol–water partition coefficient (Wildman–Crippen LogP) is 11.7. The maximum absolute atomic E-state index is 14.1. The minimum Gasteiger partial charge on any atom is -0.497 e. The van der Waals surface area contributed by atoms with Gasteiger partial charge < -0.3 is 51.8 Å². The topological polar surface area (TPSA) is 328 Å². The number of hydrogen-bond acceptors (Lipinski definition) is 22. The number of anilines is 2. The van der Waals surface area contributed by atoms with Crippen LogP contribution in [-0.2, 0) is 67.9 Å². The number of aromatic amines is 1. The molecule has 4 aromatic heterocycles. The maximum Gasteiger partial charge on any atom is 0.327 e. The molecule has 0 spiro atoms. The van der Waals surface area contributed by atoms with Crippen LogP contribution in [0.1, 0.15) is 101 Å². The van der Waals surface area contributed by atoms with E-state index in [4.69, 9.17) is 67.4 Å². The number of hydrogen-bond donors (Lipinski definition) is 4. The van der Waals surface area contributed by atoms with E-state index >= 15 is 0 Å². The second-order valence-electron chi connectivity index (χ2n) is 27.3. The van der Waals surface area contributed by atoms with Gasteiger partial charge in [-0.1, -0.05) is 128 Å². The lowest BCUT2D eigenvalue weighted by Gasteiger charge is -2.42. The molecule has 10 rings (SSSR count). The van der Waals surface area contributed by atoms with Crippen molar-refractivity contribution in [1.29, 1.82) is 5.26 Å². The fraction of sp³-hybridized carbons (Fsp3) is 0.448. The molecule has 2 unspecified atom stereocenters. The quantitative estimate of drug-likeness (QED) is 0.0153. The Hall–Kier alpha value is -7.28. The number of nitrogens with zero attached hydrogens (tertiary/aromatic N) is 8. The molecule has 2 aliphatic rings. The van der Waals surface area contributed by atoms with Crippen molar-refractivity contribution in [1.82, 2.24) is 39.0 Å². The molecular formula is C67H85N11O16P2SSi2. The van der Waals surface area contributed by atoms with Crippen LogP contribution in [0, 0.1) is 17.2 Å². The fourth-order valence-corrected chi connectivity index (χ4v) is 16.2. The fourth-order valence-electron chi connectivity index (χ4n) is 11.0. The lowest BCUT2D eigenvalue weighted by atomic mass is 9.80. The van der Waals surface area contributed by atoms with Crippen molar-refractivity contribution in [3.63, 3.8) is 0 Å². The maximum atomic E-state index is 14.1. The molecule has 0 bridgehead atoms. The van der Waals surface area contributed by atoms with E-state index in [1.165, 1.54) is 28.1 Å². The standard InChI is InChI=1S/C67H85N11O16P2SSi2/c1-41(2)59(79)75-64-74-58-51(61(81)76-64)72-40-78(58)63-55(53(94-99(13,14)66(6,7)8)48(89-63)36-86-67(43-24-19-16-20-25-43,44-26-30-46(84-9)31-27-44)45-28-32-47(85-10)33-29-45)92-96(97,87-35-21-34-68)88-37-49-52(93-98(11,12)65(3,4)5)54(91-95(82)83)62(90-49)77-39-71-50-56(69-38-70-57(50)77)73-60(80)42-22-17-15-18-23-42/h15-20,22-33,38-41,48-49,52-55,62-63,95H,21,35-37H2,1-14H3,(H,82,83)(H,69,70,73,80)(H2,74,75,76,79,81)/t48-,49-,52-,53-,54-,55-,62-,63-,96?/m1/s1. The number of fused-ring (bicyclic) bond motifs is 2. The Bertz CT molecular complexity index is 4280. The molecule has 10 atom stereocenters. The van der Waals surface area contributed by atoms with E-state index in [1.807, 2.05) is 113 Å². The third kappa shape index (κ3) is 16.2. The summed E-state index contributed by atoms with van der Waals surface area (Å²) >= 11 is 6.57. The minimum absolute atomic E-state index is 0.0213. The first-order valence-electron chi connectivity index (χ1n) is 32.2. The number of aromatic nitrogens is 8. The molecule has 4 N–H and O–H groups in total. The second kappa shape index (κ2) is 30.5. The van der Waals surface area contributed by atoms with Gasteiger partial charge >= 0.3 is 15.0 Å². The number of carbonyl (C=O) groups excluding carboxylic acids is 2. The molecule has 0 radical (unpaired) electrons. The molecule has 2 fully saturated rings. The largest absolute Gasteiger partial charge is 0.497 e. The molecule has 0 aliphatic carbocycles. The number of nitrogens with one attached hydrogen (secondary N) is 3. The Morgan fingerprint density at radius 2 is 1.24 bits per heavy atom. The van der Waals surface area contributed by atoms with E-state index in [0.29, 0.717) is 17.1 Å². The molecule has 2 amide bonds. The van der Waals surface area contributed by atoms with Crippen LogP contribution in [0.4, 0.5) is 11.8 Å². The average molecular weight is 1450 g/mol. The number of methoxy groups -OCH3 is 2. The van der Waals surface area contributed by atoms with Crippen LogP contribution in [0.2, 0.25) is 36.3 Å². The molecule has 2 saturated heterocycles. The van der Waals surface area contributed by atoms with Gasteiger partial charge in [-0.15, -0.1) is 0 Å². The molecule has 4 aromatic carbocycles. The SMILES string of the molecule is COc1ccc(C(OC[C@H]2O[C@@H](n3cnc4c(=O)[nH]c(NC(=O)C(C)C)nc43)[C@H](OP(=S)(OCCC#N)OC[C@H]3O[C@@H](n4cnc5c(NC(=O)c6ccccc6)ncnc54)[C@H](O[PH](=O)O)[C@@H]3O[Si](C)(C)C(C)(C)C)[C@@H]2O[Si](C)(C)C(C)(C)C)(c2ccccc2)c2ccc(OC)cc2)cc1. The number of nitriles is 1. The number of rotatable bonds is 28. The normalized spacial score (nSPS) is 21.0. The molecule has 8 aromatic rings. The number of ether oxygens (including phenoxy) is 5. The van der Waals surface area contributed by atoms with Gasteiger partial charge in [-0.2, -0.15) is 10.2 Å². The highest BCUT2D eigenvalue weighted by atomic mass is 32.5. The lowest BCUT2D eigenvalue weighted by Crippen LogP contribution is -2.51. The van der Waals surface area contributed by atoms with Gasteiger partial charge in [-0.05, 0) is 101 Å². The van der Waals surface area contributed by atoms with Gasteiger partial charge in [0.05, 0.1) is 59.2 Å². The van der Waals surface area contributed by atoms with Crippen molar-refractivity contribution in [2.24, 2.45) is 5.92 Å². The van der Waals surface area contributed by atoms with E-state index in [0.717, 1.165) is 16.7 Å². The summed E-state index contributed by atoms with van der Waals surface area (Å²) in [7, 11) is -6.53. The van der Waals surface area contributed by atoms with Crippen LogP contribution in [0.25, 0.3) is 22.3 Å². The van der Waals surface area contributed by atoms with Gasteiger partial charge in [0.1, 0.15) is 60.1 Å². The van der Waals surface area contributed by atoms with Crippen molar-refractivity contribution >= 4 is 89.3 Å². The number of imidazole rings is 2. The average Bonchev–Trinajstić information content (AvgIpc) is 1.74. The second-order valence-corrected chi connectivity index (χ2v) is 40.5. The molecule has 99 heavy (non-hydrogen) atoms. The monoisotopic (exact) mass is 1450 g/mol. The van der Waals surface area contributed by atoms with E-state index in [9.17, 15) is 29.1 Å². The van der Waals surface area contributed by atoms with Crippen molar-refractivity contribution in [2.75, 3.05) is 44.7 Å². The lowest BCUT2D eigenvalue weighted by molar-refractivity contribution is -0.118. The van der Waals surface area contributed by atoms with Crippen LogP contribution in [0.3, 0.4) is 0 Å². The molecule has 32 heteroatoms. The Kier molecular flexibility index (Phi) is 22.9. The Balaban J connectivity index is 1.11. The molecule has 27 nitrogen and oxygen atoms in total. The van der Waals surface area contributed by atoms with Gasteiger partial charge in [0.25, 0.3) is 11.5 Å². The van der Waals surface area contributed by atoms with Crippen molar-refractivity contribution in [3.05, 3.63) is 161 Å². The van der Waals surface area contributed by atoms with Gasteiger partial charge in [0, 0.05) is 11.5 Å². The zero-order chi connectivity index (χ0) is 71.4. The zero-order valence-corrected chi connectivity index (χ0v) is 62.4. The third-order valence-corrected chi connectivity index (χ3v) is 30.2. The van der Waals surface area contributed by atoms with Crippen LogP contribution in [-0.4, -0.2) is 143 Å². The molecule has 0 saturated carbocycles. The first kappa shape index (κ1) is 74.4. The summed E-state index contributed by atoms with van der Waals surface area (Å²) in [5.41, 5.74) is 0.683. The third-order valence-electron chi connectivity index (χ3n) is 18.4. The summed E-state index contributed by atoms with van der Waals surface area (Å²) in [6.07, 6.45) is -6.22. The number of amides is 2. The highest BCUT2D eigenvalue weighted by Gasteiger charge is 2.57. The number of H-pyrrole nitrogens is 1. The summed E-state index contributed by atoms with van der Waals surface area (Å²) in [4.78, 5) is 77.0. The number of benzene rings is 4. The Labute approximate surface area is 582 Å². The van der Waals surface area contributed by atoms with Crippen molar-refractivity contribution in [2.45, 2.75) is 153 Å².